The largest absolute Gasteiger partial charge is 0.369 e. The molecule has 5 nitrogen and oxygen atoms in total. The number of aromatic amines is 1. The van der Waals surface area contributed by atoms with E-state index in [0.29, 0.717) is 9.49 Å². The Labute approximate surface area is 107 Å². The van der Waals surface area contributed by atoms with Crippen LogP contribution in [-0.4, -0.2) is 20.0 Å². The highest BCUT2D eigenvalue weighted by molar-refractivity contribution is 14.1. The summed E-state index contributed by atoms with van der Waals surface area (Å²) in [5.74, 6) is 0.143. The molecule has 1 saturated heterocycles. The molecule has 3 N–H and O–H groups in total. The molecule has 0 spiro atoms. The van der Waals surface area contributed by atoms with Crippen molar-refractivity contribution in [3.8, 4) is 0 Å². The van der Waals surface area contributed by atoms with Crippen LogP contribution in [0.1, 0.15) is 31.4 Å². The maximum absolute atomic E-state index is 11.7. The first kappa shape index (κ1) is 11.8. The Hall–Kier alpha value is -0.630. The van der Waals surface area contributed by atoms with Crippen LogP contribution in [0.25, 0.3) is 0 Å². The van der Waals surface area contributed by atoms with Crippen LogP contribution >= 0.6 is 22.6 Å². The molecule has 16 heavy (non-hydrogen) atoms. The van der Waals surface area contributed by atoms with Crippen LogP contribution in [0.15, 0.2) is 11.0 Å². The Kier molecular flexibility index (Phi) is 3.48. The van der Waals surface area contributed by atoms with E-state index in [1.807, 2.05) is 0 Å². The number of hydrogen-bond acceptors (Lipinski definition) is 4. The average Bonchev–Trinajstić information content (AvgIpc) is 2.59. The standard InChI is InChI=1S/C10H14IN3O2/c1-2-7-6(11)3-8(16-7)5-4-13-10(12)14-9(5)15/h4,6-8H,2-3H2,1H3,(H3,12,13,14,15)/t6-,7-,8-/m1/s1. The molecule has 1 aromatic heterocycles. The third-order valence-electron chi connectivity index (χ3n) is 2.78. The summed E-state index contributed by atoms with van der Waals surface area (Å²) in [6.45, 7) is 2.09. The highest BCUT2D eigenvalue weighted by Gasteiger charge is 2.34. The normalized spacial score (nSPS) is 29.5. The summed E-state index contributed by atoms with van der Waals surface area (Å²) < 4.78 is 6.27. The van der Waals surface area contributed by atoms with Crippen LogP contribution in [0.4, 0.5) is 5.95 Å². The zero-order valence-corrected chi connectivity index (χ0v) is 11.1. The van der Waals surface area contributed by atoms with Gasteiger partial charge in [-0.15, -0.1) is 0 Å². The molecule has 0 saturated carbocycles. The van der Waals surface area contributed by atoms with E-state index in [1.54, 1.807) is 0 Å². The number of hydrogen-bond donors (Lipinski definition) is 2. The molecular weight excluding hydrogens is 321 g/mol. The molecule has 0 amide bonds. The van der Waals surface area contributed by atoms with E-state index in [1.165, 1.54) is 6.20 Å². The predicted octanol–water partition coefficient (Wildman–Crippen LogP) is 1.40. The average molecular weight is 335 g/mol. The SMILES string of the molecule is CC[C@H]1O[C@@H](c2cnc(N)[nH]c2=O)C[C@H]1I. The van der Waals surface area contributed by atoms with E-state index in [9.17, 15) is 4.79 Å². The predicted molar refractivity (Wildman–Crippen MR) is 69.6 cm³/mol. The van der Waals surface area contributed by atoms with Gasteiger partial charge in [-0.25, -0.2) is 4.98 Å². The zero-order chi connectivity index (χ0) is 11.7. The van der Waals surface area contributed by atoms with Gasteiger partial charge in [0.2, 0.25) is 0 Å². The van der Waals surface area contributed by atoms with E-state index in [0.717, 1.165) is 12.8 Å². The van der Waals surface area contributed by atoms with Gasteiger partial charge in [-0.3, -0.25) is 9.78 Å². The number of rotatable bonds is 2. The molecule has 88 valence electrons. The van der Waals surface area contributed by atoms with Gasteiger partial charge in [0.1, 0.15) is 0 Å². The fourth-order valence-corrected chi connectivity index (χ4v) is 3.05. The third-order valence-corrected chi connectivity index (χ3v) is 4.09. The fourth-order valence-electron chi connectivity index (χ4n) is 1.91. The summed E-state index contributed by atoms with van der Waals surface area (Å²) >= 11 is 2.37. The van der Waals surface area contributed by atoms with Crippen molar-refractivity contribution in [1.82, 2.24) is 9.97 Å². The van der Waals surface area contributed by atoms with E-state index in [2.05, 4.69) is 39.5 Å². The molecule has 2 rings (SSSR count). The minimum Gasteiger partial charge on any atom is -0.369 e. The summed E-state index contributed by atoms with van der Waals surface area (Å²) in [6.07, 6.45) is 3.41. The van der Waals surface area contributed by atoms with Crippen molar-refractivity contribution in [2.75, 3.05) is 5.73 Å². The second kappa shape index (κ2) is 4.70. The number of nitrogens with zero attached hydrogens (tertiary/aromatic N) is 1. The second-order valence-electron chi connectivity index (χ2n) is 3.88. The molecule has 1 aliphatic rings. The number of nitrogen functional groups attached to an aromatic ring is 1. The minimum absolute atomic E-state index is 0.143. The van der Waals surface area contributed by atoms with Crippen molar-refractivity contribution in [2.45, 2.75) is 35.9 Å². The first-order valence-corrected chi connectivity index (χ1v) is 6.50. The molecule has 3 atom stereocenters. The lowest BCUT2D eigenvalue weighted by atomic mass is 10.1. The lowest BCUT2D eigenvalue weighted by Gasteiger charge is -2.11. The molecule has 1 aromatic rings. The number of H-pyrrole nitrogens is 1. The van der Waals surface area contributed by atoms with Gasteiger partial charge in [0.05, 0.1) is 17.8 Å². The summed E-state index contributed by atoms with van der Waals surface area (Å²) in [7, 11) is 0. The van der Waals surface area contributed by atoms with Crippen LogP contribution in [0.3, 0.4) is 0 Å². The molecule has 2 heterocycles. The van der Waals surface area contributed by atoms with Gasteiger partial charge in [0.25, 0.3) is 5.56 Å². The number of halogens is 1. The topological polar surface area (TPSA) is 81.0 Å². The summed E-state index contributed by atoms with van der Waals surface area (Å²) in [6, 6.07) is 0. The van der Waals surface area contributed by atoms with Crippen LogP contribution in [0.5, 0.6) is 0 Å². The quantitative estimate of drug-likeness (QED) is 0.632. The van der Waals surface area contributed by atoms with Gasteiger partial charge in [-0.05, 0) is 12.8 Å². The monoisotopic (exact) mass is 335 g/mol. The lowest BCUT2D eigenvalue weighted by Crippen LogP contribution is -2.19. The number of alkyl halides is 1. The van der Waals surface area contributed by atoms with Crippen molar-refractivity contribution in [2.24, 2.45) is 0 Å². The van der Waals surface area contributed by atoms with Crippen molar-refractivity contribution < 1.29 is 4.74 Å². The van der Waals surface area contributed by atoms with E-state index in [4.69, 9.17) is 10.5 Å². The van der Waals surface area contributed by atoms with Crippen LogP contribution < -0.4 is 11.3 Å². The second-order valence-corrected chi connectivity index (χ2v) is 5.48. The molecule has 0 bridgehead atoms. The molecule has 0 aromatic carbocycles. The summed E-state index contributed by atoms with van der Waals surface area (Å²) in [5, 5.41) is 0. The van der Waals surface area contributed by atoms with Crippen LogP contribution in [-0.2, 0) is 4.74 Å². The lowest BCUT2D eigenvalue weighted by molar-refractivity contribution is 0.0438. The summed E-state index contributed by atoms with van der Waals surface area (Å²) in [5.41, 5.74) is 5.78. The first-order chi connectivity index (χ1) is 7.61. The Morgan fingerprint density at radius 2 is 2.50 bits per heavy atom. The maximum Gasteiger partial charge on any atom is 0.258 e. The molecular formula is C10H14IN3O2. The van der Waals surface area contributed by atoms with E-state index < -0.39 is 0 Å². The van der Waals surface area contributed by atoms with Gasteiger partial charge in [0, 0.05) is 10.1 Å². The molecule has 1 fully saturated rings. The van der Waals surface area contributed by atoms with Gasteiger partial charge >= 0.3 is 0 Å². The zero-order valence-electron chi connectivity index (χ0n) is 8.94. The Morgan fingerprint density at radius 3 is 3.06 bits per heavy atom. The highest BCUT2D eigenvalue weighted by atomic mass is 127. The van der Waals surface area contributed by atoms with Crippen molar-refractivity contribution in [3.63, 3.8) is 0 Å². The number of ether oxygens (including phenoxy) is 1. The summed E-state index contributed by atoms with van der Waals surface area (Å²) in [4.78, 5) is 18.1. The van der Waals surface area contributed by atoms with Crippen LogP contribution in [0.2, 0.25) is 0 Å². The van der Waals surface area contributed by atoms with Gasteiger partial charge in [0.15, 0.2) is 5.95 Å². The first-order valence-electron chi connectivity index (χ1n) is 5.26. The smallest absolute Gasteiger partial charge is 0.258 e. The molecule has 0 aliphatic carbocycles. The van der Waals surface area contributed by atoms with E-state index >= 15 is 0 Å². The number of aromatic nitrogens is 2. The van der Waals surface area contributed by atoms with Crippen LogP contribution in [0, 0.1) is 0 Å². The number of nitrogens with two attached hydrogens (primary N) is 1. The number of anilines is 1. The molecule has 1 aliphatic heterocycles. The fraction of sp³-hybridized carbons (Fsp3) is 0.600. The molecule has 0 unspecified atom stereocenters. The Bertz CT molecular complexity index is 434. The number of nitrogens with one attached hydrogen (secondary N) is 1. The molecule has 6 heteroatoms. The van der Waals surface area contributed by atoms with Gasteiger partial charge in [-0.1, -0.05) is 29.5 Å². The molecule has 0 radical (unpaired) electrons. The van der Waals surface area contributed by atoms with E-state index in [-0.39, 0.29) is 23.7 Å². The van der Waals surface area contributed by atoms with Crippen molar-refractivity contribution >= 4 is 28.5 Å². The highest BCUT2D eigenvalue weighted by Crippen LogP contribution is 2.36. The Morgan fingerprint density at radius 1 is 1.75 bits per heavy atom. The van der Waals surface area contributed by atoms with Crippen molar-refractivity contribution in [1.29, 1.82) is 0 Å². The van der Waals surface area contributed by atoms with Gasteiger partial charge < -0.3 is 10.5 Å². The Balaban J connectivity index is 2.23. The van der Waals surface area contributed by atoms with Gasteiger partial charge in [-0.2, -0.15) is 0 Å². The maximum atomic E-state index is 11.7. The minimum atomic E-state index is -0.196. The third kappa shape index (κ3) is 2.22. The van der Waals surface area contributed by atoms with Crippen molar-refractivity contribution in [3.05, 3.63) is 22.1 Å².